The molecule has 36 heavy (non-hydrogen) atoms. The molecular formula is C27H30FN5O3. The summed E-state index contributed by atoms with van der Waals surface area (Å²) >= 11 is 0. The fourth-order valence-electron chi connectivity index (χ4n) is 4.85. The number of hydrogen-bond acceptors (Lipinski definition) is 5. The Balaban J connectivity index is 1.18. The third-order valence-corrected chi connectivity index (χ3v) is 6.91. The number of nitrogens with one attached hydrogen (secondary N) is 1. The molecule has 2 aliphatic heterocycles. The van der Waals surface area contributed by atoms with E-state index in [0.717, 1.165) is 38.1 Å². The van der Waals surface area contributed by atoms with Crippen LogP contribution in [0.1, 0.15) is 37.9 Å². The number of nitrogens with zero attached hydrogens (tertiary/aromatic N) is 4. The lowest BCUT2D eigenvalue weighted by Crippen LogP contribution is -2.43. The summed E-state index contributed by atoms with van der Waals surface area (Å²) in [7, 11) is 0. The third kappa shape index (κ3) is 5.40. The second-order valence-corrected chi connectivity index (χ2v) is 9.34. The fourth-order valence-corrected chi connectivity index (χ4v) is 4.85. The lowest BCUT2D eigenvalue weighted by Gasteiger charge is -2.31. The lowest BCUT2D eigenvalue weighted by molar-refractivity contribution is -0.136. The van der Waals surface area contributed by atoms with Crippen LogP contribution in [0, 0.1) is 11.7 Å². The number of amides is 2. The molecule has 0 aliphatic carbocycles. The molecule has 1 aromatic heterocycles. The number of fused-ring (bicyclic) bond motifs is 1. The van der Waals surface area contributed by atoms with E-state index in [1.165, 1.54) is 6.07 Å². The van der Waals surface area contributed by atoms with Gasteiger partial charge in [-0.3, -0.25) is 9.59 Å². The molecule has 2 aliphatic rings. The van der Waals surface area contributed by atoms with Crippen molar-refractivity contribution >= 4 is 17.5 Å². The molecule has 0 unspecified atom stereocenters. The predicted octanol–water partition coefficient (Wildman–Crippen LogP) is 4.07. The number of rotatable bonds is 6. The number of anilines is 1. The Morgan fingerprint density at radius 1 is 1.00 bits per heavy atom. The molecule has 9 heteroatoms. The highest BCUT2D eigenvalue weighted by Crippen LogP contribution is 2.28. The molecule has 0 spiro atoms. The van der Waals surface area contributed by atoms with Gasteiger partial charge in [0.15, 0.2) is 12.4 Å². The van der Waals surface area contributed by atoms with Crippen molar-refractivity contribution in [3.05, 3.63) is 60.2 Å². The Bertz CT molecular complexity index is 1220. The maximum absolute atomic E-state index is 14.7. The van der Waals surface area contributed by atoms with Gasteiger partial charge in [-0.1, -0.05) is 24.6 Å². The number of carbonyl (C=O) groups is 2. The fraction of sp³-hybridized carbons (Fsp3) is 0.407. The molecule has 5 rings (SSSR count). The van der Waals surface area contributed by atoms with E-state index in [9.17, 15) is 14.0 Å². The van der Waals surface area contributed by atoms with Crippen LogP contribution < -0.4 is 10.1 Å². The molecule has 1 fully saturated rings. The first-order valence-corrected chi connectivity index (χ1v) is 12.6. The van der Waals surface area contributed by atoms with Gasteiger partial charge in [-0.25, -0.2) is 4.39 Å². The van der Waals surface area contributed by atoms with Gasteiger partial charge in [-0.2, -0.15) is 0 Å². The Labute approximate surface area is 209 Å². The van der Waals surface area contributed by atoms with Gasteiger partial charge >= 0.3 is 0 Å². The highest BCUT2D eigenvalue weighted by atomic mass is 19.1. The number of aryl methyl sites for hydroxylation is 1. The van der Waals surface area contributed by atoms with Crippen molar-refractivity contribution in [1.82, 2.24) is 19.7 Å². The van der Waals surface area contributed by atoms with E-state index in [-0.39, 0.29) is 24.3 Å². The smallest absolute Gasteiger partial charge is 0.260 e. The molecule has 0 bridgehead atoms. The maximum atomic E-state index is 14.7. The van der Waals surface area contributed by atoms with Crippen molar-refractivity contribution in [2.24, 2.45) is 5.92 Å². The average Bonchev–Trinajstić information content (AvgIpc) is 3.16. The maximum Gasteiger partial charge on any atom is 0.260 e. The number of piperidine rings is 1. The Morgan fingerprint density at radius 3 is 2.61 bits per heavy atom. The molecule has 0 radical (unpaired) electrons. The van der Waals surface area contributed by atoms with Crippen molar-refractivity contribution in [3.63, 3.8) is 0 Å². The van der Waals surface area contributed by atoms with Crippen molar-refractivity contribution in [2.75, 3.05) is 25.0 Å². The van der Waals surface area contributed by atoms with Crippen LogP contribution in [-0.2, 0) is 22.6 Å². The SMILES string of the molecule is O=C(Nc1ccc(F)c(-c2nnc3n2CCCCC3)c1)C1CCN(C(=O)COc2ccccc2)CC1. The minimum atomic E-state index is -0.392. The van der Waals surface area contributed by atoms with E-state index in [4.69, 9.17) is 4.74 Å². The van der Waals surface area contributed by atoms with Crippen LogP contribution in [0.5, 0.6) is 5.75 Å². The quantitative estimate of drug-likeness (QED) is 0.562. The van der Waals surface area contributed by atoms with E-state index >= 15 is 0 Å². The molecule has 188 valence electrons. The molecule has 1 saturated heterocycles. The molecule has 0 saturated carbocycles. The first-order chi connectivity index (χ1) is 17.6. The van der Waals surface area contributed by atoms with Crippen LogP contribution >= 0.6 is 0 Å². The number of carbonyl (C=O) groups excluding carboxylic acids is 2. The number of aromatic nitrogens is 3. The van der Waals surface area contributed by atoms with Gasteiger partial charge in [0.25, 0.3) is 5.91 Å². The van der Waals surface area contributed by atoms with Gasteiger partial charge in [-0.05, 0) is 56.0 Å². The summed E-state index contributed by atoms with van der Waals surface area (Å²) in [5.74, 6) is 1.21. The van der Waals surface area contributed by atoms with Gasteiger partial charge in [-0.15, -0.1) is 10.2 Å². The molecule has 3 heterocycles. The second-order valence-electron chi connectivity index (χ2n) is 9.34. The summed E-state index contributed by atoms with van der Waals surface area (Å²) in [6.45, 7) is 1.73. The van der Waals surface area contributed by atoms with Crippen LogP contribution in [-0.4, -0.2) is 51.2 Å². The molecule has 8 nitrogen and oxygen atoms in total. The van der Waals surface area contributed by atoms with Crippen LogP contribution in [0.15, 0.2) is 48.5 Å². The lowest BCUT2D eigenvalue weighted by atomic mass is 9.95. The van der Waals surface area contributed by atoms with E-state index in [2.05, 4.69) is 15.5 Å². The van der Waals surface area contributed by atoms with E-state index in [1.54, 1.807) is 17.0 Å². The summed E-state index contributed by atoms with van der Waals surface area (Å²) in [5, 5.41) is 11.5. The predicted molar refractivity (Wildman–Crippen MR) is 133 cm³/mol. The molecule has 2 aromatic carbocycles. The van der Waals surface area contributed by atoms with Crippen molar-refractivity contribution < 1.29 is 18.7 Å². The van der Waals surface area contributed by atoms with Gasteiger partial charge in [0.1, 0.15) is 17.4 Å². The van der Waals surface area contributed by atoms with Crippen LogP contribution in [0.4, 0.5) is 10.1 Å². The zero-order valence-corrected chi connectivity index (χ0v) is 20.2. The topological polar surface area (TPSA) is 89.4 Å². The van der Waals surface area contributed by atoms with Crippen LogP contribution in [0.25, 0.3) is 11.4 Å². The molecule has 3 aromatic rings. The standard InChI is InChI=1S/C27H30FN5O3/c28-23-11-10-20(17-22(23)26-31-30-24-9-5-2-6-14-33(24)26)29-27(35)19-12-15-32(16-13-19)25(34)18-36-21-7-3-1-4-8-21/h1,3-4,7-8,10-11,17,19H,2,5-6,9,12-16,18H2,(H,29,35). The minimum absolute atomic E-state index is 0.0223. The molecule has 2 amide bonds. The first-order valence-electron chi connectivity index (χ1n) is 12.6. The number of halogens is 1. The Morgan fingerprint density at radius 2 is 1.81 bits per heavy atom. The van der Waals surface area contributed by atoms with E-state index in [0.29, 0.717) is 48.8 Å². The monoisotopic (exact) mass is 491 g/mol. The largest absolute Gasteiger partial charge is 0.484 e. The zero-order valence-electron chi connectivity index (χ0n) is 20.2. The van der Waals surface area contributed by atoms with Crippen LogP contribution in [0.3, 0.4) is 0 Å². The number of benzene rings is 2. The highest BCUT2D eigenvalue weighted by Gasteiger charge is 2.28. The van der Waals surface area contributed by atoms with Gasteiger partial charge in [0.05, 0.1) is 5.56 Å². The number of para-hydroxylation sites is 1. The molecule has 0 atom stereocenters. The van der Waals surface area contributed by atoms with Crippen molar-refractivity contribution in [2.45, 2.75) is 45.1 Å². The molecular weight excluding hydrogens is 461 g/mol. The summed E-state index contributed by atoms with van der Waals surface area (Å²) in [6.07, 6.45) is 5.15. The summed E-state index contributed by atoms with van der Waals surface area (Å²) in [5.41, 5.74) is 0.865. The molecule has 1 N–H and O–H groups in total. The minimum Gasteiger partial charge on any atom is -0.484 e. The van der Waals surface area contributed by atoms with Gasteiger partial charge < -0.3 is 19.5 Å². The van der Waals surface area contributed by atoms with Gasteiger partial charge in [0.2, 0.25) is 5.91 Å². The zero-order chi connectivity index (χ0) is 24.9. The number of ether oxygens (including phenoxy) is 1. The normalized spacial score (nSPS) is 16.2. The first kappa shape index (κ1) is 24.0. The van der Waals surface area contributed by atoms with E-state index < -0.39 is 5.82 Å². The highest BCUT2D eigenvalue weighted by molar-refractivity contribution is 5.93. The second kappa shape index (κ2) is 10.9. The Hall–Kier alpha value is -3.75. The number of likely N-dealkylation sites (tertiary alicyclic amines) is 1. The van der Waals surface area contributed by atoms with Crippen molar-refractivity contribution in [3.8, 4) is 17.1 Å². The number of hydrogen-bond donors (Lipinski definition) is 1. The van der Waals surface area contributed by atoms with Gasteiger partial charge in [0, 0.05) is 37.7 Å². The summed E-state index contributed by atoms with van der Waals surface area (Å²) in [4.78, 5) is 27.2. The summed E-state index contributed by atoms with van der Waals surface area (Å²) in [6, 6.07) is 13.8. The van der Waals surface area contributed by atoms with E-state index in [1.807, 2.05) is 34.9 Å². The summed E-state index contributed by atoms with van der Waals surface area (Å²) < 4.78 is 22.3. The Kier molecular flexibility index (Phi) is 7.25. The third-order valence-electron chi connectivity index (χ3n) is 6.91. The van der Waals surface area contributed by atoms with Crippen molar-refractivity contribution in [1.29, 1.82) is 0 Å². The van der Waals surface area contributed by atoms with Crippen LogP contribution in [0.2, 0.25) is 0 Å². The average molecular weight is 492 g/mol.